The molecule has 0 aliphatic heterocycles. The zero-order valence-corrected chi connectivity index (χ0v) is 54.1. The maximum Gasteiger partial charge on any atom is 0.306 e. The fraction of sp³-hybridized carbons (Fsp3) is 0.800. The highest BCUT2D eigenvalue weighted by Crippen LogP contribution is 2.18. The number of rotatable bonds is 65. The first-order valence-corrected chi connectivity index (χ1v) is 35.4. The molecule has 0 spiro atoms. The molecule has 0 radical (unpaired) electrons. The van der Waals surface area contributed by atoms with Gasteiger partial charge >= 0.3 is 17.9 Å². The molecule has 81 heavy (non-hydrogen) atoms. The van der Waals surface area contributed by atoms with Gasteiger partial charge in [-0.05, 0) is 89.9 Å². The van der Waals surface area contributed by atoms with Crippen LogP contribution in [-0.2, 0) is 28.6 Å². The standard InChI is InChI=1S/C75H134O6/c1-4-7-10-13-16-19-22-25-28-31-34-36-38-40-41-44-47-50-53-56-59-62-65-68-74(77)80-71-72(70-79-73(76)67-64-61-58-55-52-49-46-43-33-30-27-24-21-18-15-12-9-6-3)81-75(78)69-66-63-60-57-54-51-48-45-42-39-37-35-32-29-26-23-20-17-14-11-8-5-2/h7,10,16,19,21,24-25,28,30,33-34,36,72H,4-6,8-9,11-15,17-18,20,22-23,26-27,29,31-32,35,37-71H2,1-3H3/b10-7-,19-16-,24-21-,28-25-,33-30-,36-34-. The monoisotopic (exact) mass is 1130 g/mol. The van der Waals surface area contributed by atoms with Gasteiger partial charge in [-0.1, -0.05) is 331 Å². The summed E-state index contributed by atoms with van der Waals surface area (Å²) >= 11 is 0. The largest absolute Gasteiger partial charge is 0.462 e. The number of hydrogen-bond acceptors (Lipinski definition) is 6. The van der Waals surface area contributed by atoms with Crippen molar-refractivity contribution in [2.45, 2.75) is 374 Å². The average Bonchev–Trinajstić information content (AvgIpc) is 3.47. The molecule has 0 N–H and O–H groups in total. The third kappa shape index (κ3) is 67.5. The summed E-state index contributed by atoms with van der Waals surface area (Å²) < 4.78 is 17.0. The van der Waals surface area contributed by atoms with E-state index in [1.54, 1.807) is 0 Å². The van der Waals surface area contributed by atoms with Crippen LogP contribution in [0.1, 0.15) is 367 Å². The smallest absolute Gasteiger partial charge is 0.306 e. The van der Waals surface area contributed by atoms with Crippen molar-refractivity contribution in [2.75, 3.05) is 13.2 Å². The Labute approximate surface area is 503 Å². The maximum atomic E-state index is 13.0. The highest BCUT2D eigenvalue weighted by Gasteiger charge is 2.19. The Kier molecular flexibility index (Phi) is 66.6. The minimum absolute atomic E-state index is 0.0767. The van der Waals surface area contributed by atoms with Crippen molar-refractivity contribution in [3.63, 3.8) is 0 Å². The minimum atomic E-state index is -0.781. The van der Waals surface area contributed by atoms with E-state index in [9.17, 15) is 14.4 Å². The summed E-state index contributed by atoms with van der Waals surface area (Å²) in [5.74, 6) is -0.864. The summed E-state index contributed by atoms with van der Waals surface area (Å²) in [5, 5.41) is 0. The SMILES string of the molecule is CC/C=C\C/C=C\C/C=C\C/C=C\CCCCCCCCCCCCC(=O)OCC(COC(=O)CCCCCCCCC/C=C\C/C=C\CCCCCC)OC(=O)CCCCCCCCCCCCCCCCCCCCCCCC. The van der Waals surface area contributed by atoms with Crippen molar-refractivity contribution < 1.29 is 28.6 Å². The Hall–Kier alpha value is -3.15. The van der Waals surface area contributed by atoms with Crippen LogP contribution in [0, 0.1) is 0 Å². The van der Waals surface area contributed by atoms with Gasteiger partial charge in [-0.15, -0.1) is 0 Å². The van der Waals surface area contributed by atoms with E-state index in [2.05, 4.69) is 93.7 Å². The Morgan fingerprint density at radius 2 is 0.481 bits per heavy atom. The highest BCUT2D eigenvalue weighted by molar-refractivity contribution is 5.71. The average molecular weight is 1130 g/mol. The number of ether oxygens (including phenoxy) is 3. The van der Waals surface area contributed by atoms with Crippen LogP contribution in [0.25, 0.3) is 0 Å². The second-order valence-corrected chi connectivity index (χ2v) is 23.8. The summed E-state index contributed by atoms with van der Waals surface area (Å²) in [5.41, 5.74) is 0. The topological polar surface area (TPSA) is 78.9 Å². The first-order chi connectivity index (χ1) is 40.0. The summed E-state index contributed by atoms with van der Waals surface area (Å²) in [7, 11) is 0. The van der Waals surface area contributed by atoms with Gasteiger partial charge in [0.15, 0.2) is 6.10 Å². The molecule has 0 bridgehead atoms. The summed E-state index contributed by atoms with van der Waals surface area (Å²) in [6.45, 7) is 6.57. The predicted molar refractivity (Wildman–Crippen MR) is 353 cm³/mol. The van der Waals surface area contributed by atoms with Crippen LogP contribution in [0.3, 0.4) is 0 Å². The normalized spacial score (nSPS) is 12.5. The predicted octanol–water partition coefficient (Wildman–Crippen LogP) is 24.4. The van der Waals surface area contributed by atoms with E-state index < -0.39 is 6.10 Å². The Bertz CT molecular complexity index is 1490. The van der Waals surface area contributed by atoms with Crippen molar-refractivity contribution in [1.29, 1.82) is 0 Å². The molecule has 0 aromatic rings. The molecule has 0 aliphatic carbocycles. The van der Waals surface area contributed by atoms with Crippen molar-refractivity contribution >= 4 is 17.9 Å². The summed E-state index contributed by atoms with van der Waals surface area (Å²) in [6.07, 6.45) is 90.6. The summed E-state index contributed by atoms with van der Waals surface area (Å²) in [6, 6.07) is 0. The Morgan fingerprint density at radius 3 is 0.765 bits per heavy atom. The maximum absolute atomic E-state index is 13.0. The molecule has 0 aromatic carbocycles. The molecular weight excluding hydrogens is 997 g/mol. The van der Waals surface area contributed by atoms with Gasteiger partial charge in [-0.3, -0.25) is 14.4 Å². The van der Waals surface area contributed by atoms with E-state index in [0.29, 0.717) is 19.3 Å². The van der Waals surface area contributed by atoms with Crippen LogP contribution in [-0.4, -0.2) is 37.2 Å². The number of carbonyl (C=O) groups is 3. The van der Waals surface area contributed by atoms with Crippen LogP contribution in [0.15, 0.2) is 72.9 Å². The number of esters is 3. The van der Waals surface area contributed by atoms with Gasteiger partial charge in [0, 0.05) is 19.3 Å². The molecule has 0 aliphatic rings. The van der Waals surface area contributed by atoms with Gasteiger partial charge < -0.3 is 14.2 Å². The molecule has 0 aromatic heterocycles. The molecule has 0 rings (SSSR count). The van der Waals surface area contributed by atoms with E-state index in [1.165, 1.54) is 231 Å². The van der Waals surface area contributed by atoms with Crippen molar-refractivity contribution in [1.82, 2.24) is 0 Å². The molecule has 6 heteroatoms. The zero-order chi connectivity index (χ0) is 58.5. The number of allylic oxidation sites excluding steroid dienone is 12. The molecule has 0 saturated heterocycles. The summed E-state index contributed by atoms with van der Waals surface area (Å²) in [4.78, 5) is 38.5. The lowest BCUT2D eigenvalue weighted by Gasteiger charge is -2.18. The van der Waals surface area contributed by atoms with Crippen LogP contribution in [0.2, 0.25) is 0 Å². The lowest BCUT2D eigenvalue weighted by molar-refractivity contribution is -0.167. The third-order valence-corrected chi connectivity index (χ3v) is 15.7. The fourth-order valence-corrected chi connectivity index (χ4v) is 10.4. The van der Waals surface area contributed by atoms with E-state index in [4.69, 9.17) is 14.2 Å². The molecular formula is C75H134O6. The molecule has 0 saturated carbocycles. The first-order valence-electron chi connectivity index (χ1n) is 35.4. The van der Waals surface area contributed by atoms with Gasteiger partial charge in [0.1, 0.15) is 13.2 Å². The van der Waals surface area contributed by atoms with E-state index in [1.807, 2.05) is 0 Å². The fourth-order valence-electron chi connectivity index (χ4n) is 10.4. The van der Waals surface area contributed by atoms with Crippen molar-refractivity contribution in [2.24, 2.45) is 0 Å². The van der Waals surface area contributed by atoms with E-state index >= 15 is 0 Å². The van der Waals surface area contributed by atoms with Crippen molar-refractivity contribution in [3.8, 4) is 0 Å². The lowest BCUT2D eigenvalue weighted by Crippen LogP contribution is -2.30. The van der Waals surface area contributed by atoms with Crippen LogP contribution in [0.4, 0.5) is 0 Å². The van der Waals surface area contributed by atoms with Gasteiger partial charge in [0.05, 0.1) is 0 Å². The van der Waals surface area contributed by atoms with Gasteiger partial charge in [-0.25, -0.2) is 0 Å². The van der Waals surface area contributed by atoms with Gasteiger partial charge in [-0.2, -0.15) is 0 Å². The van der Waals surface area contributed by atoms with Gasteiger partial charge in [0.25, 0.3) is 0 Å². The molecule has 470 valence electrons. The third-order valence-electron chi connectivity index (χ3n) is 15.7. The molecule has 0 amide bonds. The van der Waals surface area contributed by atoms with Crippen LogP contribution < -0.4 is 0 Å². The minimum Gasteiger partial charge on any atom is -0.462 e. The van der Waals surface area contributed by atoms with Crippen LogP contribution >= 0.6 is 0 Å². The molecule has 6 nitrogen and oxygen atoms in total. The molecule has 1 atom stereocenters. The highest BCUT2D eigenvalue weighted by atomic mass is 16.6. The number of hydrogen-bond donors (Lipinski definition) is 0. The van der Waals surface area contributed by atoms with Crippen LogP contribution in [0.5, 0.6) is 0 Å². The van der Waals surface area contributed by atoms with E-state index in [-0.39, 0.29) is 31.1 Å². The second-order valence-electron chi connectivity index (χ2n) is 23.8. The van der Waals surface area contributed by atoms with Crippen molar-refractivity contribution in [3.05, 3.63) is 72.9 Å². The Balaban J connectivity index is 4.35. The quantitative estimate of drug-likeness (QED) is 0.0261. The molecule has 0 heterocycles. The number of carbonyl (C=O) groups excluding carboxylic acids is 3. The number of unbranched alkanes of at least 4 members (excludes halogenated alkanes) is 42. The first kappa shape index (κ1) is 77.9. The molecule has 0 fully saturated rings. The van der Waals surface area contributed by atoms with Gasteiger partial charge in [0.2, 0.25) is 0 Å². The lowest BCUT2D eigenvalue weighted by atomic mass is 10.0. The second kappa shape index (κ2) is 69.3. The molecule has 1 unspecified atom stereocenters. The Morgan fingerprint density at radius 1 is 0.259 bits per heavy atom. The van der Waals surface area contributed by atoms with E-state index in [0.717, 1.165) is 96.3 Å². The zero-order valence-electron chi connectivity index (χ0n) is 54.1.